The smallest absolute Gasteiger partial charge is 0.407 e. The van der Waals surface area contributed by atoms with Crippen LogP contribution in [0.3, 0.4) is 0 Å². The number of hydrogen-bond donors (Lipinski definition) is 2. The van der Waals surface area contributed by atoms with Gasteiger partial charge in [0, 0.05) is 6.54 Å². The second-order valence-corrected chi connectivity index (χ2v) is 7.23. The zero-order valence-electron chi connectivity index (χ0n) is 13.3. The fourth-order valence-corrected chi connectivity index (χ4v) is 3.42. The highest BCUT2D eigenvalue weighted by atomic mass is 16.6. The molecule has 0 saturated heterocycles. The molecule has 2 unspecified atom stereocenters. The summed E-state index contributed by atoms with van der Waals surface area (Å²) in [5, 5.41) is 12.1. The Hall–Kier alpha value is -1.79. The second kappa shape index (κ2) is 5.44. The van der Waals surface area contributed by atoms with Gasteiger partial charge in [0.1, 0.15) is 5.60 Å². The van der Waals surface area contributed by atoms with Gasteiger partial charge in [0.05, 0.1) is 18.4 Å². The Morgan fingerprint density at radius 2 is 1.77 bits per heavy atom. The van der Waals surface area contributed by atoms with Gasteiger partial charge in [0.25, 0.3) is 0 Å². The largest absolute Gasteiger partial charge is 0.481 e. The lowest BCUT2D eigenvalue weighted by atomic mass is 9.81. The van der Waals surface area contributed by atoms with E-state index in [0.29, 0.717) is 12.8 Å². The van der Waals surface area contributed by atoms with Gasteiger partial charge in [0.2, 0.25) is 0 Å². The maximum atomic E-state index is 11.7. The van der Waals surface area contributed by atoms with Gasteiger partial charge in [-0.2, -0.15) is 0 Å². The van der Waals surface area contributed by atoms with E-state index in [1.165, 1.54) is 7.11 Å². The van der Waals surface area contributed by atoms with Crippen molar-refractivity contribution in [2.45, 2.75) is 39.2 Å². The van der Waals surface area contributed by atoms with Crippen LogP contribution >= 0.6 is 0 Å². The number of carbonyl (C=O) groups excluding carboxylic acids is 2. The van der Waals surface area contributed by atoms with Crippen LogP contribution in [0.2, 0.25) is 0 Å². The van der Waals surface area contributed by atoms with Crippen molar-refractivity contribution in [2.75, 3.05) is 13.7 Å². The summed E-state index contributed by atoms with van der Waals surface area (Å²) in [5.41, 5.74) is -1.65. The molecule has 2 N–H and O–H groups in total. The maximum absolute atomic E-state index is 11.7. The molecule has 0 spiro atoms. The van der Waals surface area contributed by atoms with E-state index in [-0.39, 0.29) is 30.3 Å². The number of methoxy groups -OCH3 is 1. The molecule has 0 aliphatic heterocycles. The van der Waals surface area contributed by atoms with Crippen LogP contribution < -0.4 is 5.32 Å². The van der Waals surface area contributed by atoms with Crippen molar-refractivity contribution in [2.24, 2.45) is 23.2 Å². The molecule has 2 saturated carbocycles. The third kappa shape index (κ3) is 3.18. The topological polar surface area (TPSA) is 102 Å². The molecule has 124 valence electrons. The van der Waals surface area contributed by atoms with E-state index in [1.54, 1.807) is 20.8 Å². The molecule has 0 aromatic heterocycles. The van der Waals surface area contributed by atoms with Gasteiger partial charge in [-0.3, -0.25) is 9.59 Å². The Kier molecular flexibility index (Phi) is 4.10. The Balaban J connectivity index is 1.92. The highest BCUT2D eigenvalue weighted by Gasteiger charge is 2.67. The number of carbonyl (C=O) groups is 3. The summed E-state index contributed by atoms with van der Waals surface area (Å²) in [4.78, 5) is 34.8. The maximum Gasteiger partial charge on any atom is 0.407 e. The van der Waals surface area contributed by atoms with Gasteiger partial charge in [-0.25, -0.2) is 4.79 Å². The van der Waals surface area contributed by atoms with Crippen LogP contribution in [0.25, 0.3) is 0 Å². The molecular weight excluding hydrogens is 290 g/mol. The zero-order chi connectivity index (χ0) is 16.7. The Morgan fingerprint density at radius 3 is 2.18 bits per heavy atom. The molecule has 2 aliphatic rings. The molecule has 1 amide bonds. The highest BCUT2D eigenvalue weighted by molar-refractivity contribution is 5.81. The second-order valence-electron chi connectivity index (χ2n) is 7.23. The SMILES string of the molecule is COC(=O)C1C2CC(CNC(=O)OC(C)(C)C)(C(=O)O)CC21. The Bertz CT molecular complexity index is 483. The van der Waals surface area contributed by atoms with Crippen LogP contribution in [-0.2, 0) is 19.1 Å². The molecule has 0 aromatic rings. The number of carboxylic acid groups (broad SMARTS) is 1. The predicted molar refractivity (Wildman–Crippen MR) is 76.0 cm³/mol. The van der Waals surface area contributed by atoms with Crippen molar-refractivity contribution in [1.82, 2.24) is 5.32 Å². The number of alkyl carbamates (subject to hydrolysis) is 1. The van der Waals surface area contributed by atoms with Crippen molar-refractivity contribution in [1.29, 1.82) is 0 Å². The van der Waals surface area contributed by atoms with Gasteiger partial charge in [0.15, 0.2) is 0 Å². The number of nitrogens with one attached hydrogen (secondary N) is 1. The minimum absolute atomic E-state index is 0.0120. The molecule has 22 heavy (non-hydrogen) atoms. The molecule has 0 radical (unpaired) electrons. The van der Waals surface area contributed by atoms with E-state index in [1.807, 2.05) is 0 Å². The number of fused-ring (bicyclic) bond motifs is 1. The minimum atomic E-state index is -1.02. The summed E-state index contributed by atoms with van der Waals surface area (Å²) in [5.74, 6) is -1.31. The molecule has 7 heteroatoms. The molecule has 2 rings (SSSR count). The van der Waals surface area contributed by atoms with E-state index in [9.17, 15) is 19.5 Å². The molecule has 2 fully saturated rings. The number of esters is 1. The fourth-order valence-electron chi connectivity index (χ4n) is 3.42. The minimum Gasteiger partial charge on any atom is -0.481 e. The summed E-state index contributed by atoms with van der Waals surface area (Å²) >= 11 is 0. The van der Waals surface area contributed by atoms with Gasteiger partial charge in [-0.05, 0) is 45.4 Å². The van der Waals surface area contributed by atoms with E-state index in [4.69, 9.17) is 9.47 Å². The van der Waals surface area contributed by atoms with Crippen LogP contribution in [-0.4, -0.2) is 42.4 Å². The first kappa shape index (κ1) is 16.6. The van der Waals surface area contributed by atoms with Crippen LogP contribution in [0.1, 0.15) is 33.6 Å². The number of hydrogen-bond acceptors (Lipinski definition) is 5. The highest BCUT2D eigenvalue weighted by Crippen LogP contribution is 2.64. The third-order valence-electron chi connectivity index (χ3n) is 4.48. The number of amides is 1. The number of rotatable bonds is 4. The van der Waals surface area contributed by atoms with E-state index >= 15 is 0 Å². The van der Waals surface area contributed by atoms with Crippen LogP contribution in [0.15, 0.2) is 0 Å². The van der Waals surface area contributed by atoms with Gasteiger partial charge in [-0.15, -0.1) is 0 Å². The van der Waals surface area contributed by atoms with Crippen molar-refractivity contribution < 1.29 is 29.0 Å². The average molecular weight is 313 g/mol. The fraction of sp³-hybridized carbons (Fsp3) is 0.800. The van der Waals surface area contributed by atoms with Crippen LogP contribution in [0.4, 0.5) is 4.79 Å². The lowest BCUT2D eigenvalue weighted by Gasteiger charge is -2.28. The van der Waals surface area contributed by atoms with Gasteiger partial charge in [-0.1, -0.05) is 0 Å². The van der Waals surface area contributed by atoms with Gasteiger partial charge >= 0.3 is 18.0 Å². The number of aliphatic carboxylic acids is 1. The monoisotopic (exact) mass is 313 g/mol. The first-order valence-corrected chi connectivity index (χ1v) is 7.38. The summed E-state index contributed by atoms with van der Waals surface area (Å²) < 4.78 is 9.84. The summed E-state index contributed by atoms with van der Waals surface area (Å²) in [7, 11) is 1.34. The molecular formula is C15H23NO6. The molecule has 0 heterocycles. The summed E-state index contributed by atoms with van der Waals surface area (Å²) in [6.07, 6.45) is 0.128. The zero-order valence-corrected chi connectivity index (χ0v) is 13.3. The van der Waals surface area contributed by atoms with Gasteiger partial charge < -0.3 is 19.9 Å². The number of ether oxygens (including phenoxy) is 2. The Labute approximate surface area is 129 Å². The molecule has 2 aliphatic carbocycles. The Morgan fingerprint density at radius 1 is 1.23 bits per heavy atom. The molecule has 0 aromatic carbocycles. The van der Waals surface area contributed by atoms with Crippen molar-refractivity contribution >= 4 is 18.0 Å². The normalized spacial score (nSPS) is 32.8. The van der Waals surface area contributed by atoms with E-state index in [2.05, 4.69) is 5.32 Å². The standard InChI is InChI=1S/C15H23NO6/c1-14(2,3)22-13(20)16-7-15(12(18)19)5-8-9(6-15)10(8)11(17)21-4/h8-10H,5-7H2,1-4H3,(H,16,20)(H,18,19). The lowest BCUT2D eigenvalue weighted by Crippen LogP contribution is -2.44. The predicted octanol–water partition coefficient (Wildman–Crippen LogP) is 1.41. The van der Waals surface area contributed by atoms with E-state index < -0.39 is 23.1 Å². The third-order valence-corrected chi connectivity index (χ3v) is 4.48. The van der Waals surface area contributed by atoms with Crippen molar-refractivity contribution in [3.63, 3.8) is 0 Å². The molecule has 7 nitrogen and oxygen atoms in total. The van der Waals surface area contributed by atoms with Crippen molar-refractivity contribution in [3.8, 4) is 0 Å². The first-order chi connectivity index (χ1) is 10.1. The quantitative estimate of drug-likeness (QED) is 0.761. The number of carboxylic acids is 1. The molecule has 0 bridgehead atoms. The van der Waals surface area contributed by atoms with E-state index in [0.717, 1.165) is 0 Å². The molecule has 2 atom stereocenters. The summed E-state index contributed by atoms with van der Waals surface area (Å²) in [6, 6.07) is 0. The van der Waals surface area contributed by atoms with Crippen molar-refractivity contribution in [3.05, 3.63) is 0 Å². The average Bonchev–Trinajstić information content (AvgIpc) is 2.90. The van der Waals surface area contributed by atoms with Crippen LogP contribution in [0.5, 0.6) is 0 Å². The first-order valence-electron chi connectivity index (χ1n) is 7.38. The lowest BCUT2D eigenvalue weighted by molar-refractivity contribution is -0.151. The van der Waals surface area contributed by atoms with Crippen LogP contribution in [0, 0.1) is 23.2 Å². The summed E-state index contributed by atoms with van der Waals surface area (Å²) in [6.45, 7) is 5.24.